The van der Waals surface area contributed by atoms with Crippen molar-refractivity contribution in [3.63, 3.8) is 0 Å². The van der Waals surface area contributed by atoms with Gasteiger partial charge in [-0.25, -0.2) is 4.79 Å². The third-order valence-electron chi connectivity index (χ3n) is 3.61. The molecule has 20 heavy (non-hydrogen) atoms. The molecule has 1 aliphatic heterocycles. The number of carboxylic acid groups (broad SMARTS) is 1. The molecule has 0 spiro atoms. The number of hydrogen-bond acceptors (Lipinski definition) is 5. The largest absolute Gasteiger partial charge is 0.481 e. The molecule has 1 fully saturated rings. The molecule has 1 atom stereocenters. The zero-order valence-corrected chi connectivity index (χ0v) is 11.3. The van der Waals surface area contributed by atoms with E-state index < -0.39 is 11.4 Å². The molecule has 0 aliphatic carbocycles. The van der Waals surface area contributed by atoms with E-state index in [-0.39, 0.29) is 19.1 Å². The van der Waals surface area contributed by atoms with E-state index in [1.807, 2.05) is 6.92 Å². The number of carboxylic acids is 1. The first kappa shape index (κ1) is 14.2. The van der Waals surface area contributed by atoms with Crippen LogP contribution in [0.5, 0.6) is 0 Å². The van der Waals surface area contributed by atoms with Crippen molar-refractivity contribution in [1.82, 2.24) is 30.8 Å². The van der Waals surface area contributed by atoms with Gasteiger partial charge in [0, 0.05) is 13.1 Å². The number of rotatable bonds is 5. The van der Waals surface area contributed by atoms with Crippen LogP contribution in [0.4, 0.5) is 4.79 Å². The van der Waals surface area contributed by atoms with Crippen LogP contribution < -0.4 is 5.32 Å². The average molecular weight is 282 g/mol. The second-order valence-corrected chi connectivity index (χ2v) is 4.99. The van der Waals surface area contributed by atoms with E-state index in [2.05, 4.69) is 25.9 Å². The van der Waals surface area contributed by atoms with Crippen molar-refractivity contribution < 1.29 is 14.7 Å². The lowest BCUT2D eigenvalue weighted by atomic mass is 9.83. The van der Waals surface area contributed by atoms with Gasteiger partial charge in [-0.3, -0.25) is 4.79 Å². The monoisotopic (exact) mass is 282 g/mol. The number of nitrogens with one attached hydrogen (secondary N) is 2. The third-order valence-corrected chi connectivity index (χ3v) is 3.61. The van der Waals surface area contributed by atoms with Crippen LogP contribution in [-0.2, 0) is 11.3 Å². The van der Waals surface area contributed by atoms with Gasteiger partial charge in [-0.2, -0.15) is 5.21 Å². The molecular weight excluding hydrogens is 264 g/mol. The normalized spacial score (nSPS) is 21.9. The van der Waals surface area contributed by atoms with E-state index >= 15 is 0 Å². The zero-order chi connectivity index (χ0) is 14.6. The smallest absolute Gasteiger partial charge is 0.317 e. The Hall–Kier alpha value is -2.19. The van der Waals surface area contributed by atoms with Gasteiger partial charge in [-0.1, -0.05) is 18.6 Å². The zero-order valence-electron chi connectivity index (χ0n) is 11.3. The maximum Gasteiger partial charge on any atom is 0.317 e. The van der Waals surface area contributed by atoms with E-state index in [4.69, 9.17) is 0 Å². The molecule has 2 amide bonds. The fourth-order valence-electron chi connectivity index (χ4n) is 2.53. The number of tetrazole rings is 1. The summed E-state index contributed by atoms with van der Waals surface area (Å²) < 4.78 is 0. The molecule has 1 saturated heterocycles. The molecule has 9 heteroatoms. The molecule has 110 valence electrons. The number of likely N-dealkylation sites (tertiary alicyclic amines) is 1. The molecule has 0 saturated carbocycles. The summed E-state index contributed by atoms with van der Waals surface area (Å²) in [4.78, 5) is 25.0. The van der Waals surface area contributed by atoms with E-state index in [0.29, 0.717) is 25.2 Å². The minimum Gasteiger partial charge on any atom is -0.481 e. The molecule has 0 radical (unpaired) electrons. The highest BCUT2D eigenvalue weighted by molar-refractivity contribution is 5.79. The van der Waals surface area contributed by atoms with E-state index in [1.165, 1.54) is 4.90 Å². The van der Waals surface area contributed by atoms with Gasteiger partial charge in [0.2, 0.25) is 0 Å². The second-order valence-electron chi connectivity index (χ2n) is 4.99. The summed E-state index contributed by atoms with van der Waals surface area (Å²) >= 11 is 0. The van der Waals surface area contributed by atoms with Crippen LogP contribution in [-0.4, -0.2) is 55.7 Å². The summed E-state index contributed by atoms with van der Waals surface area (Å²) in [6.07, 6.45) is 1.85. The van der Waals surface area contributed by atoms with Crippen molar-refractivity contribution in [3.05, 3.63) is 5.82 Å². The fourth-order valence-corrected chi connectivity index (χ4v) is 2.53. The lowest BCUT2D eigenvalue weighted by Crippen LogP contribution is -2.41. The summed E-state index contributed by atoms with van der Waals surface area (Å²) in [5.41, 5.74) is -0.807. The summed E-state index contributed by atoms with van der Waals surface area (Å²) in [6.45, 7) is 2.81. The summed E-state index contributed by atoms with van der Waals surface area (Å²) in [6, 6.07) is -0.297. The SMILES string of the molecule is CCCC1(C(=O)O)CCN(C(=O)NCc2nn[nH]n2)C1. The topological polar surface area (TPSA) is 124 Å². The second kappa shape index (κ2) is 5.85. The van der Waals surface area contributed by atoms with Crippen LogP contribution in [0.2, 0.25) is 0 Å². The van der Waals surface area contributed by atoms with Crippen molar-refractivity contribution in [1.29, 1.82) is 0 Å². The van der Waals surface area contributed by atoms with Gasteiger partial charge in [0.15, 0.2) is 5.82 Å². The molecule has 0 aromatic carbocycles. The minimum absolute atomic E-state index is 0.166. The summed E-state index contributed by atoms with van der Waals surface area (Å²) in [7, 11) is 0. The molecule has 0 bridgehead atoms. The Labute approximate surface area is 115 Å². The first-order chi connectivity index (χ1) is 9.57. The molecule has 1 aliphatic rings. The van der Waals surface area contributed by atoms with Gasteiger partial charge in [0.05, 0.1) is 12.0 Å². The highest BCUT2D eigenvalue weighted by atomic mass is 16.4. The Bertz CT molecular complexity index is 477. The van der Waals surface area contributed by atoms with Gasteiger partial charge < -0.3 is 15.3 Å². The van der Waals surface area contributed by atoms with E-state index in [1.54, 1.807) is 0 Å². The van der Waals surface area contributed by atoms with Crippen molar-refractivity contribution in [2.75, 3.05) is 13.1 Å². The number of aromatic amines is 1. The lowest BCUT2D eigenvalue weighted by molar-refractivity contribution is -0.148. The maximum atomic E-state index is 12.0. The molecule has 3 N–H and O–H groups in total. The number of hydrogen-bond donors (Lipinski definition) is 3. The van der Waals surface area contributed by atoms with Crippen LogP contribution >= 0.6 is 0 Å². The van der Waals surface area contributed by atoms with Crippen LogP contribution in [0, 0.1) is 5.41 Å². The maximum absolute atomic E-state index is 12.0. The number of urea groups is 1. The Balaban J connectivity index is 1.90. The number of carbonyl (C=O) groups is 2. The Kier molecular flexibility index (Phi) is 4.16. The first-order valence-electron chi connectivity index (χ1n) is 6.56. The first-order valence-corrected chi connectivity index (χ1v) is 6.56. The van der Waals surface area contributed by atoms with Gasteiger partial charge in [0.25, 0.3) is 0 Å². The predicted molar refractivity (Wildman–Crippen MR) is 67.6 cm³/mol. The fraction of sp³-hybridized carbons (Fsp3) is 0.727. The summed E-state index contributed by atoms with van der Waals surface area (Å²) in [5, 5.41) is 25.2. The van der Waals surface area contributed by atoms with Crippen LogP contribution in [0.1, 0.15) is 32.0 Å². The minimum atomic E-state index is -0.826. The summed E-state index contributed by atoms with van der Waals surface area (Å²) in [5.74, 6) is -0.441. The predicted octanol–water partition coefficient (Wildman–Crippen LogP) is -0.0139. The Morgan fingerprint density at radius 2 is 2.35 bits per heavy atom. The molecule has 2 heterocycles. The molecule has 1 unspecified atom stereocenters. The van der Waals surface area contributed by atoms with Gasteiger partial charge in [-0.05, 0) is 12.8 Å². The molecule has 9 nitrogen and oxygen atoms in total. The van der Waals surface area contributed by atoms with Crippen LogP contribution in [0.25, 0.3) is 0 Å². The van der Waals surface area contributed by atoms with Gasteiger partial charge >= 0.3 is 12.0 Å². The van der Waals surface area contributed by atoms with E-state index in [0.717, 1.165) is 6.42 Å². The number of amides is 2. The molecule has 1 aromatic heterocycles. The molecule has 2 rings (SSSR count). The lowest BCUT2D eigenvalue weighted by Gasteiger charge is -2.24. The Morgan fingerprint density at radius 1 is 1.55 bits per heavy atom. The molecule has 1 aromatic rings. The third kappa shape index (κ3) is 2.86. The van der Waals surface area contributed by atoms with Gasteiger partial charge in [-0.15, -0.1) is 10.2 Å². The number of H-pyrrole nitrogens is 1. The average Bonchev–Trinajstić information content (AvgIpc) is 3.06. The standard InChI is InChI=1S/C11H18N6O3/c1-2-3-11(9(18)19)4-5-17(7-11)10(20)12-6-8-13-15-16-14-8/h2-7H2,1H3,(H,12,20)(H,18,19)(H,13,14,15,16). The Morgan fingerprint density at radius 3 is 2.95 bits per heavy atom. The van der Waals surface area contributed by atoms with Crippen LogP contribution in [0.3, 0.4) is 0 Å². The van der Waals surface area contributed by atoms with Gasteiger partial charge in [0.1, 0.15) is 0 Å². The van der Waals surface area contributed by atoms with Crippen molar-refractivity contribution in [3.8, 4) is 0 Å². The number of carbonyl (C=O) groups excluding carboxylic acids is 1. The quantitative estimate of drug-likeness (QED) is 0.697. The van der Waals surface area contributed by atoms with Crippen molar-refractivity contribution in [2.45, 2.75) is 32.7 Å². The van der Waals surface area contributed by atoms with Crippen molar-refractivity contribution >= 4 is 12.0 Å². The number of aromatic nitrogens is 4. The van der Waals surface area contributed by atoms with Crippen LogP contribution in [0.15, 0.2) is 0 Å². The van der Waals surface area contributed by atoms with E-state index in [9.17, 15) is 14.7 Å². The number of aliphatic carboxylic acids is 1. The highest BCUT2D eigenvalue weighted by Gasteiger charge is 2.45. The molecular formula is C11H18N6O3. The highest BCUT2D eigenvalue weighted by Crippen LogP contribution is 2.35. The van der Waals surface area contributed by atoms with Crippen molar-refractivity contribution in [2.24, 2.45) is 5.41 Å². The number of nitrogens with zero attached hydrogens (tertiary/aromatic N) is 4.